The molecule has 2 N–H and O–H groups in total. The predicted octanol–water partition coefficient (Wildman–Crippen LogP) is 1.82. The van der Waals surface area contributed by atoms with Gasteiger partial charge >= 0.3 is 0 Å². The molecule has 16 heavy (non-hydrogen) atoms. The first kappa shape index (κ1) is 9.27. The third-order valence-corrected chi connectivity index (χ3v) is 2.91. The van der Waals surface area contributed by atoms with Gasteiger partial charge in [-0.15, -0.1) is 0 Å². The van der Waals surface area contributed by atoms with Crippen molar-refractivity contribution in [2.45, 2.75) is 13.0 Å². The van der Waals surface area contributed by atoms with Crippen LogP contribution in [0.2, 0.25) is 0 Å². The van der Waals surface area contributed by atoms with Crippen molar-refractivity contribution < 1.29 is 4.52 Å². The Morgan fingerprint density at radius 1 is 1.38 bits per heavy atom. The Labute approximate surface area is 93.6 Å². The number of aromatic nitrogens is 1. The molecule has 0 radical (unpaired) electrons. The van der Waals surface area contributed by atoms with Crippen LogP contribution < -0.4 is 10.6 Å². The van der Waals surface area contributed by atoms with E-state index in [1.807, 2.05) is 0 Å². The summed E-state index contributed by atoms with van der Waals surface area (Å²) >= 11 is 0. The summed E-state index contributed by atoms with van der Waals surface area (Å²) in [7, 11) is 0. The summed E-state index contributed by atoms with van der Waals surface area (Å²) in [6.07, 6.45) is 1.10. The van der Waals surface area contributed by atoms with Gasteiger partial charge in [0.2, 0.25) is 0 Å². The van der Waals surface area contributed by atoms with E-state index < -0.39 is 0 Å². The highest BCUT2D eigenvalue weighted by atomic mass is 16.5. The molecule has 0 bridgehead atoms. The zero-order valence-electron chi connectivity index (χ0n) is 8.89. The van der Waals surface area contributed by atoms with Crippen LogP contribution in [-0.2, 0) is 13.0 Å². The average molecular weight is 215 g/mol. The number of benzene rings is 1. The molecule has 1 aliphatic rings. The van der Waals surface area contributed by atoms with Crippen LogP contribution in [0.25, 0.3) is 0 Å². The molecule has 0 aliphatic carbocycles. The fourth-order valence-electron chi connectivity index (χ4n) is 2.16. The summed E-state index contributed by atoms with van der Waals surface area (Å²) < 4.78 is 5.12. The van der Waals surface area contributed by atoms with Crippen LogP contribution >= 0.6 is 0 Å². The molecule has 0 spiro atoms. The first-order chi connectivity index (χ1) is 7.83. The summed E-state index contributed by atoms with van der Waals surface area (Å²) in [5.41, 5.74) is 8.21. The Bertz CT molecular complexity index is 506. The molecular weight excluding hydrogens is 202 g/mol. The smallest absolute Gasteiger partial charge is 0.167 e. The minimum absolute atomic E-state index is 0.447. The molecule has 0 atom stereocenters. The van der Waals surface area contributed by atoms with Crippen LogP contribution in [0.4, 0.5) is 11.5 Å². The van der Waals surface area contributed by atoms with Crippen molar-refractivity contribution in [3.8, 4) is 0 Å². The molecule has 4 heteroatoms. The average Bonchev–Trinajstić information content (AvgIpc) is 2.87. The number of hydrogen-bond acceptors (Lipinski definition) is 4. The Balaban J connectivity index is 1.83. The van der Waals surface area contributed by atoms with Gasteiger partial charge in [-0.1, -0.05) is 23.4 Å². The van der Waals surface area contributed by atoms with Gasteiger partial charge in [0.25, 0.3) is 0 Å². The van der Waals surface area contributed by atoms with Crippen LogP contribution in [0.5, 0.6) is 0 Å². The van der Waals surface area contributed by atoms with E-state index in [4.69, 9.17) is 10.3 Å². The summed E-state index contributed by atoms with van der Waals surface area (Å²) in [5.74, 6) is 1.26. The van der Waals surface area contributed by atoms with E-state index in [-0.39, 0.29) is 0 Å². The standard InChI is InChI=1S/C12H13N3O/c13-12-7-10(16-14-12)8-15-6-5-9-3-1-2-4-11(9)15/h1-4,7H,5-6,8H2,(H2,13,14). The molecule has 1 aliphatic heterocycles. The Kier molecular flexibility index (Phi) is 2.06. The Morgan fingerprint density at radius 2 is 2.25 bits per heavy atom. The normalized spacial score (nSPS) is 14.1. The maximum Gasteiger partial charge on any atom is 0.167 e. The lowest BCUT2D eigenvalue weighted by Crippen LogP contribution is -2.19. The van der Waals surface area contributed by atoms with Crippen LogP contribution in [0, 0.1) is 0 Å². The van der Waals surface area contributed by atoms with Gasteiger partial charge in [-0.2, -0.15) is 0 Å². The van der Waals surface area contributed by atoms with E-state index in [2.05, 4.69) is 34.3 Å². The van der Waals surface area contributed by atoms with Crippen molar-refractivity contribution in [2.75, 3.05) is 17.2 Å². The minimum Gasteiger partial charge on any atom is -0.381 e. The third kappa shape index (κ3) is 1.52. The topological polar surface area (TPSA) is 55.3 Å². The third-order valence-electron chi connectivity index (χ3n) is 2.91. The van der Waals surface area contributed by atoms with Gasteiger partial charge in [-0.3, -0.25) is 0 Å². The van der Waals surface area contributed by atoms with Gasteiger partial charge in [0, 0.05) is 18.3 Å². The second kappa shape index (κ2) is 3.56. The van der Waals surface area contributed by atoms with Crippen molar-refractivity contribution in [3.63, 3.8) is 0 Å². The van der Waals surface area contributed by atoms with Gasteiger partial charge in [0.05, 0.1) is 6.54 Å². The fraction of sp³-hybridized carbons (Fsp3) is 0.250. The van der Waals surface area contributed by atoms with E-state index in [9.17, 15) is 0 Å². The Morgan fingerprint density at radius 3 is 3.06 bits per heavy atom. The maximum atomic E-state index is 5.52. The summed E-state index contributed by atoms with van der Waals surface area (Å²) in [5, 5.41) is 3.69. The quantitative estimate of drug-likeness (QED) is 0.830. The summed E-state index contributed by atoms with van der Waals surface area (Å²) in [6.45, 7) is 1.77. The number of rotatable bonds is 2. The monoisotopic (exact) mass is 215 g/mol. The van der Waals surface area contributed by atoms with Crippen LogP contribution in [0.3, 0.4) is 0 Å². The summed E-state index contributed by atoms with van der Waals surface area (Å²) in [6, 6.07) is 10.2. The van der Waals surface area contributed by atoms with E-state index in [0.717, 1.165) is 25.3 Å². The molecule has 1 aromatic heterocycles. The zero-order chi connectivity index (χ0) is 11.0. The molecule has 3 rings (SSSR count). The molecule has 0 unspecified atom stereocenters. The maximum absolute atomic E-state index is 5.52. The molecular formula is C12H13N3O. The van der Waals surface area contributed by atoms with Crippen LogP contribution in [0.1, 0.15) is 11.3 Å². The lowest BCUT2D eigenvalue weighted by molar-refractivity contribution is 0.384. The lowest BCUT2D eigenvalue weighted by atomic mass is 10.2. The molecule has 4 nitrogen and oxygen atoms in total. The van der Waals surface area contributed by atoms with E-state index >= 15 is 0 Å². The number of nitrogens with zero attached hydrogens (tertiary/aromatic N) is 2. The number of fused-ring (bicyclic) bond motifs is 1. The molecule has 0 fully saturated rings. The Hall–Kier alpha value is -1.97. The lowest BCUT2D eigenvalue weighted by Gasteiger charge is -2.16. The largest absolute Gasteiger partial charge is 0.381 e. The van der Waals surface area contributed by atoms with E-state index in [1.54, 1.807) is 6.07 Å². The van der Waals surface area contributed by atoms with Gasteiger partial charge in [0.15, 0.2) is 11.6 Å². The molecule has 0 amide bonds. The van der Waals surface area contributed by atoms with Crippen molar-refractivity contribution in [2.24, 2.45) is 0 Å². The second-order valence-electron chi connectivity index (χ2n) is 4.02. The highest BCUT2D eigenvalue weighted by molar-refractivity contribution is 5.57. The molecule has 1 aromatic carbocycles. The zero-order valence-corrected chi connectivity index (χ0v) is 8.89. The highest BCUT2D eigenvalue weighted by Gasteiger charge is 2.19. The van der Waals surface area contributed by atoms with Crippen LogP contribution in [-0.4, -0.2) is 11.7 Å². The highest BCUT2D eigenvalue weighted by Crippen LogP contribution is 2.28. The van der Waals surface area contributed by atoms with E-state index in [0.29, 0.717) is 5.82 Å². The van der Waals surface area contributed by atoms with Crippen LogP contribution in [0.15, 0.2) is 34.9 Å². The van der Waals surface area contributed by atoms with Crippen molar-refractivity contribution >= 4 is 11.5 Å². The number of anilines is 2. The number of nitrogens with two attached hydrogens (primary N) is 1. The van der Waals surface area contributed by atoms with Crippen molar-refractivity contribution in [1.82, 2.24) is 5.16 Å². The first-order valence-corrected chi connectivity index (χ1v) is 5.37. The fourth-order valence-corrected chi connectivity index (χ4v) is 2.16. The predicted molar refractivity (Wildman–Crippen MR) is 62.1 cm³/mol. The number of hydrogen-bond donors (Lipinski definition) is 1. The van der Waals surface area contributed by atoms with Gasteiger partial charge in [-0.05, 0) is 18.1 Å². The molecule has 2 aromatic rings. The van der Waals surface area contributed by atoms with Crippen molar-refractivity contribution in [3.05, 3.63) is 41.7 Å². The second-order valence-corrected chi connectivity index (χ2v) is 4.02. The molecule has 82 valence electrons. The van der Waals surface area contributed by atoms with Gasteiger partial charge < -0.3 is 15.2 Å². The molecule has 2 heterocycles. The molecule has 0 saturated heterocycles. The molecule has 0 saturated carbocycles. The minimum atomic E-state index is 0.447. The van der Waals surface area contributed by atoms with Gasteiger partial charge in [0.1, 0.15) is 0 Å². The van der Waals surface area contributed by atoms with E-state index in [1.165, 1.54) is 11.3 Å². The SMILES string of the molecule is Nc1cc(CN2CCc3ccccc32)on1. The number of nitrogen functional groups attached to an aromatic ring is 1. The van der Waals surface area contributed by atoms with Crippen molar-refractivity contribution in [1.29, 1.82) is 0 Å². The number of para-hydroxylation sites is 1. The first-order valence-electron chi connectivity index (χ1n) is 5.37. The summed E-state index contributed by atoms with van der Waals surface area (Å²) in [4.78, 5) is 2.29. The van der Waals surface area contributed by atoms with Gasteiger partial charge in [-0.25, -0.2) is 0 Å².